The van der Waals surface area contributed by atoms with Crippen LogP contribution in [0.15, 0.2) is 97.2 Å². The molecule has 10 rings (SSSR count). The Morgan fingerprint density at radius 3 is 1.93 bits per heavy atom. The fraction of sp³-hybridized carbons (Fsp3) is 0.278. The Bertz CT molecular complexity index is 1680. The van der Waals surface area contributed by atoms with Gasteiger partial charge in [-0.1, -0.05) is 72.8 Å². The van der Waals surface area contributed by atoms with Gasteiger partial charge in [0.15, 0.2) is 17.5 Å². The zero-order valence-electron chi connectivity index (χ0n) is 22.4. The lowest BCUT2D eigenvalue weighted by Crippen LogP contribution is -2.55. The molecular formula is C36H30N4. The van der Waals surface area contributed by atoms with E-state index in [0.29, 0.717) is 17.5 Å². The predicted octanol–water partition coefficient (Wildman–Crippen LogP) is 7.99. The molecule has 4 fully saturated rings. The van der Waals surface area contributed by atoms with E-state index < -0.39 is 0 Å². The molecule has 0 aliphatic heterocycles. The summed E-state index contributed by atoms with van der Waals surface area (Å²) in [5.74, 6) is 5.36. The number of rotatable bonds is 3. The lowest BCUT2D eigenvalue weighted by Gasteiger charge is -2.61. The van der Waals surface area contributed by atoms with Gasteiger partial charge < -0.3 is 0 Å². The van der Waals surface area contributed by atoms with Gasteiger partial charge in [0.25, 0.3) is 0 Å². The van der Waals surface area contributed by atoms with Gasteiger partial charge in [-0.15, -0.1) is 0 Å². The van der Waals surface area contributed by atoms with Gasteiger partial charge in [-0.25, -0.2) is 15.0 Å². The summed E-state index contributed by atoms with van der Waals surface area (Å²) < 4.78 is 0. The van der Waals surface area contributed by atoms with E-state index in [-0.39, 0.29) is 5.41 Å². The average Bonchev–Trinajstić information content (AvgIpc) is 3.30. The van der Waals surface area contributed by atoms with Gasteiger partial charge in [0.05, 0.1) is 0 Å². The molecule has 0 atom stereocenters. The van der Waals surface area contributed by atoms with Gasteiger partial charge in [0.2, 0.25) is 0 Å². The molecule has 5 aliphatic carbocycles. The van der Waals surface area contributed by atoms with E-state index in [4.69, 9.17) is 15.0 Å². The van der Waals surface area contributed by atoms with Crippen LogP contribution in [0.2, 0.25) is 0 Å². The first-order chi connectivity index (χ1) is 19.8. The van der Waals surface area contributed by atoms with Gasteiger partial charge in [-0.05, 0) is 96.2 Å². The minimum Gasteiger partial charge on any atom is -0.253 e. The third-order valence-corrected chi connectivity index (χ3v) is 10.4. The maximum Gasteiger partial charge on any atom is 0.182 e. The lowest BCUT2D eigenvalue weighted by molar-refractivity contribution is -0.0399. The summed E-state index contributed by atoms with van der Waals surface area (Å²) in [6, 6.07) is 32.3. The minimum absolute atomic E-state index is 0.172. The first kappa shape index (κ1) is 22.6. The monoisotopic (exact) mass is 518 g/mol. The molecule has 5 aromatic rings. The lowest BCUT2D eigenvalue weighted by atomic mass is 9.43. The Labute approximate surface area is 234 Å². The maximum absolute atomic E-state index is 5.01. The highest BCUT2D eigenvalue weighted by molar-refractivity contribution is 5.85. The Morgan fingerprint density at radius 1 is 0.525 bits per heavy atom. The standard InChI is InChI=1S/C36H30N4/c1-2-8-24(9-3-1)33-38-34(40-35(39-33)32-12-6-7-15-37-32)25-13-14-31-29(21-25)28-10-4-5-11-30(28)36(31)26-17-22-16-23(19-26)20-27(36)18-22/h1-15,21-23,26-27H,16-20H2. The third kappa shape index (κ3) is 3.13. The summed E-state index contributed by atoms with van der Waals surface area (Å²) in [5, 5.41) is 0. The molecule has 1 spiro atoms. The SMILES string of the molecule is c1ccc(-c2nc(-c3ccc4c(c3)-c3ccccc3C43C4CC5CC(C4)CC3C5)nc(-c3ccccn3)n2)cc1. The van der Waals surface area contributed by atoms with Crippen LogP contribution in [-0.4, -0.2) is 19.9 Å². The van der Waals surface area contributed by atoms with Crippen LogP contribution in [-0.2, 0) is 5.41 Å². The second kappa shape index (κ2) is 8.41. The second-order valence-electron chi connectivity index (χ2n) is 12.4. The first-order valence-corrected chi connectivity index (χ1v) is 14.7. The van der Waals surface area contributed by atoms with Crippen LogP contribution in [0, 0.1) is 23.7 Å². The molecule has 40 heavy (non-hydrogen) atoms. The number of fused-ring (bicyclic) bond motifs is 3. The van der Waals surface area contributed by atoms with Crippen molar-refractivity contribution in [1.29, 1.82) is 0 Å². The van der Waals surface area contributed by atoms with E-state index in [1.807, 2.05) is 36.4 Å². The molecule has 0 unspecified atom stereocenters. The molecule has 0 N–H and O–H groups in total. The Morgan fingerprint density at radius 2 is 1.18 bits per heavy atom. The summed E-state index contributed by atoms with van der Waals surface area (Å²) in [4.78, 5) is 19.4. The van der Waals surface area contributed by atoms with Crippen molar-refractivity contribution in [3.05, 3.63) is 108 Å². The molecule has 0 saturated heterocycles. The fourth-order valence-corrected chi connectivity index (χ4v) is 9.13. The number of hydrogen-bond acceptors (Lipinski definition) is 4. The van der Waals surface area contributed by atoms with Crippen LogP contribution in [0.1, 0.15) is 43.2 Å². The van der Waals surface area contributed by atoms with E-state index in [9.17, 15) is 0 Å². The van der Waals surface area contributed by atoms with Crippen LogP contribution in [0.5, 0.6) is 0 Å². The summed E-state index contributed by atoms with van der Waals surface area (Å²) in [6.45, 7) is 0. The van der Waals surface area contributed by atoms with Crippen molar-refractivity contribution in [2.45, 2.75) is 37.5 Å². The van der Waals surface area contributed by atoms with Crippen LogP contribution >= 0.6 is 0 Å². The number of benzene rings is 3. The van der Waals surface area contributed by atoms with Crippen molar-refractivity contribution in [3.63, 3.8) is 0 Å². The van der Waals surface area contributed by atoms with E-state index in [1.165, 1.54) is 43.2 Å². The van der Waals surface area contributed by atoms with Crippen molar-refractivity contribution >= 4 is 0 Å². The zero-order chi connectivity index (χ0) is 26.3. The number of nitrogens with zero attached hydrogens (tertiary/aromatic N) is 4. The van der Waals surface area contributed by atoms with Crippen molar-refractivity contribution in [2.24, 2.45) is 23.7 Å². The van der Waals surface area contributed by atoms with Crippen LogP contribution < -0.4 is 0 Å². The normalized spacial score (nSPS) is 27.1. The first-order valence-electron chi connectivity index (χ1n) is 14.7. The van der Waals surface area contributed by atoms with E-state index >= 15 is 0 Å². The summed E-state index contributed by atoms with van der Waals surface area (Å²) in [7, 11) is 0. The van der Waals surface area contributed by atoms with Crippen molar-refractivity contribution in [3.8, 4) is 45.4 Å². The predicted molar refractivity (Wildman–Crippen MR) is 157 cm³/mol. The second-order valence-corrected chi connectivity index (χ2v) is 12.4. The third-order valence-electron chi connectivity index (χ3n) is 10.4. The smallest absolute Gasteiger partial charge is 0.182 e. The highest BCUT2D eigenvalue weighted by Gasteiger charge is 2.61. The fourth-order valence-electron chi connectivity index (χ4n) is 9.13. The molecule has 0 radical (unpaired) electrons. The van der Waals surface area contributed by atoms with Crippen molar-refractivity contribution in [1.82, 2.24) is 19.9 Å². The van der Waals surface area contributed by atoms with Crippen LogP contribution in [0.4, 0.5) is 0 Å². The van der Waals surface area contributed by atoms with Crippen molar-refractivity contribution in [2.75, 3.05) is 0 Å². The van der Waals surface area contributed by atoms with Gasteiger partial charge in [-0.2, -0.15) is 0 Å². The zero-order valence-corrected chi connectivity index (χ0v) is 22.4. The Balaban J connectivity index is 1.23. The van der Waals surface area contributed by atoms with Crippen LogP contribution in [0.3, 0.4) is 0 Å². The summed E-state index contributed by atoms with van der Waals surface area (Å²) in [5.41, 5.74) is 8.84. The summed E-state index contributed by atoms with van der Waals surface area (Å²) in [6.07, 6.45) is 8.83. The average molecular weight is 519 g/mol. The molecule has 194 valence electrons. The van der Waals surface area contributed by atoms with E-state index in [2.05, 4.69) is 59.6 Å². The molecule has 4 saturated carbocycles. The van der Waals surface area contributed by atoms with Gasteiger partial charge in [0, 0.05) is 22.7 Å². The number of aromatic nitrogens is 4. The largest absolute Gasteiger partial charge is 0.253 e. The molecule has 2 aromatic heterocycles. The minimum atomic E-state index is 0.172. The van der Waals surface area contributed by atoms with Crippen LogP contribution in [0.25, 0.3) is 45.4 Å². The quantitative estimate of drug-likeness (QED) is 0.243. The molecule has 4 bridgehead atoms. The highest BCUT2D eigenvalue weighted by atomic mass is 15.0. The molecule has 3 aromatic carbocycles. The van der Waals surface area contributed by atoms with E-state index in [0.717, 1.165) is 40.5 Å². The Hall–Kier alpha value is -4.18. The molecule has 5 aliphatic rings. The highest BCUT2D eigenvalue weighted by Crippen LogP contribution is 2.69. The van der Waals surface area contributed by atoms with Crippen molar-refractivity contribution < 1.29 is 0 Å². The molecular weight excluding hydrogens is 488 g/mol. The Kier molecular flexibility index (Phi) is 4.75. The maximum atomic E-state index is 5.01. The molecule has 0 amide bonds. The molecule has 2 heterocycles. The van der Waals surface area contributed by atoms with Gasteiger partial charge >= 0.3 is 0 Å². The topological polar surface area (TPSA) is 51.6 Å². The number of hydrogen-bond donors (Lipinski definition) is 0. The molecule has 4 nitrogen and oxygen atoms in total. The molecule has 4 heteroatoms. The summed E-state index contributed by atoms with van der Waals surface area (Å²) >= 11 is 0. The van der Waals surface area contributed by atoms with E-state index in [1.54, 1.807) is 17.3 Å². The van der Waals surface area contributed by atoms with Gasteiger partial charge in [-0.3, -0.25) is 4.98 Å². The number of pyridine rings is 1. The van der Waals surface area contributed by atoms with Gasteiger partial charge in [0.1, 0.15) is 5.69 Å².